The third-order valence-corrected chi connectivity index (χ3v) is 5.14. The van der Waals surface area contributed by atoms with E-state index >= 15 is 0 Å². The van der Waals surface area contributed by atoms with Crippen LogP contribution in [-0.2, 0) is 0 Å². The lowest BCUT2D eigenvalue weighted by molar-refractivity contribution is 0.0923. The van der Waals surface area contributed by atoms with Crippen molar-refractivity contribution in [1.82, 2.24) is 15.2 Å². The summed E-state index contributed by atoms with van der Waals surface area (Å²) in [5, 5.41) is 12.2. The Hall–Kier alpha value is -2.94. The number of aromatic nitrogens is 1. The van der Waals surface area contributed by atoms with E-state index in [9.17, 15) is 14.4 Å². The van der Waals surface area contributed by atoms with Gasteiger partial charge in [0.15, 0.2) is 6.19 Å². The van der Waals surface area contributed by atoms with E-state index in [2.05, 4.69) is 16.5 Å². The summed E-state index contributed by atoms with van der Waals surface area (Å²) in [6.45, 7) is 0. The van der Waals surface area contributed by atoms with Gasteiger partial charge in [0.25, 0.3) is 5.91 Å². The number of amides is 1. The number of hydrogen-bond acceptors (Lipinski definition) is 4. The lowest BCUT2D eigenvalue weighted by Crippen LogP contribution is -2.43. The number of nitrogens with one attached hydrogen (secondary N) is 1. The van der Waals surface area contributed by atoms with E-state index < -0.39 is 0 Å². The fourth-order valence-corrected chi connectivity index (χ4v) is 3.88. The van der Waals surface area contributed by atoms with Gasteiger partial charge in [0.2, 0.25) is 0 Å². The lowest BCUT2D eigenvalue weighted by Gasteiger charge is -2.21. The van der Waals surface area contributed by atoms with Gasteiger partial charge in [-0.25, -0.2) is 4.39 Å². The average Bonchev–Trinajstić information content (AvgIpc) is 3.19. The molecule has 0 radical (unpaired) electrons. The molecule has 1 aromatic heterocycles. The molecule has 0 spiro atoms. The Labute approximate surface area is 145 Å². The molecule has 3 atom stereocenters. The standard InChI is InChI=1S/C19H17FN4O/c20-14-4-1-12(2-5-14)13-3-7-16(22-10-13)19(25)23-17-9-15-6-8-18(17)24(15)11-21/h1-5,7,10,15,17-18H,6,8-9H2,(H,23,25). The van der Waals surface area contributed by atoms with Crippen molar-refractivity contribution in [1.29, 1.82) is 5.26 Å². The molecule has 0 saturated carbocycles. The minimum atomic E-state index is -0.287. The van der Waals surface area contributed by atoms with Crippen LogP contribution in [0.1, 0.15) is 29.8 Å². The topological polar surface area (TPSA) is 69.0 Å². The fourth-order valence-electron chi connectivity index (χ4n) is 3.88. The number of carbonyl (C=O) groups is 1. The van der Waals surface area contributed by atoms with Crippen LogP contribution < -0.4 is 5.32 Å². The molecule has 1 amide bonds. The molecule has 3 heterocycles. The highest BCUT2D eigenvalue weighted by Crippen LogP contribution is 2.37. The van der Waals surface area contributed by atoms with Crippen molar-refractivity contribution in [3.05, 3.63) is 54.1 Å². The maximum absolute atomic E-state index is 13.0. The summed E-state index contributed by atoms with van der Waals surface area (Å²) in [6.07, 6.45) is 6.64. The van der Waals surface area contributed by atoms with Crippen LogP contribution in [0.2, 0.25) is 0 Å². The van der Waals surface area contributed by atoms with Gasteiger partial charge in [0, 0.05) is 17.8 Å². The first-order chi connectivity index (χ1) is 12.2. The van der Waals surface area contributed by atoms with E-state index in [0.717, 1.165) is 30.4 Å². The van der Waals surface area contributed by atoms with Crippen LogP contribution in [0.4, 0.5) is 4.39 Å². The van der Waals surface area contributed by atoms with Crippen LogP contribution in [0.5, 0.6) is 0 Å². The van der Waals surface area contributed by atoms with E-state index in [1.54, 1.807) is 30.5 Å². The second kappa shape index (κ2) is 6.17. The number of rotatable bonds is 3. The van der Waals surface area contributed by atoms with Gasteiger partial charge < -0.3 is 10.2 Å². The van der Waals surface area contributed by atoms with Gasteiger partial charge >= 0.3 is 0 Å². The molecule has 1 aromatic carbocycles. The van der Waals surface area contributed by atoms with Gasteiger partial charge in [0.05, 0.1) is 12.1 Å². The zero-order valence-electron chi connectivity index (χ0n) is 13.5. The normalized spacial score (nSPS) is 24.2. The molecule has 6 heteroatoms. The van der Waals surface area contributed by atoms with E-state index in [4.69, 9.17) is 0 Å². The van der Waals surface area contributed by atoms with Crippen molar-refractivity contribution in [3.8, 4) is 17.3 Å². The summed E-state index contributed by atoms with van der Waals surface area (Å²) in [6, 6.07) is 9.99. The third-order valence-electron chi connectivity index (χ3n) is 5.14. The molecule has 0 aliphatic carbocycles. The number of halogens is 1. The number of benzene rings is 1. The summed E-state index contributed by atoms with van der Waals surface area (Å²) in [5.41, 5.74) is 2.02. The van der Waals surface area contributed by atoms with Crippen molar-refractivity contribution < 1.29 is 9.18 Å². The molecule has 126 valence electrons. The summed E-state index contributed by atoms with van der Waals surface area (Å²) >= 11 is 0. The Morgan fingerprint density at radius 2 is 1.96 bits per heavy atom. The molecule has 25 heavy (non-hydrogen) atoms. The Morgan fingerprint density at radius 3 is 2.60 bits per heavy atom. The highest BCUT2D eigenvalue weighted by atomic mass is 19.1. The quantitative estimate of drug-likeness (QED) is 0.875. The SMILES string of the molecule is N#CN1C2CCC1C(NC(=O)c1ccc(-c3ccc(F)cc3)cn1)C2. The van der Waals surface area contributed by atoms with Gasteiger partial charge in [-0.1, -0.05) is 18.2 Å². The second-order valence-corrected chi connectivity index (χ2v) is 6.56. The van der Waals surface area contributed by atoms with Crippen molar-refractivity contribution >= 4 is 5.91 Å². The van der Waals surface area contributed by atoms with E-state index in [1.165, 1.54) is 12.1 Å². The first-order valence-corrected chi connectivity index (χ1v) is 8.36. The van der Waals surface area contributed by atoms with Crippen molar-refractivity contribution in [3.63, 3.8) is 0 Å². The monoisotopic (exact) mass is 336 g/mol. The number of pyridine rings is 1. The maximum Gasteiger partial charge on any atom is 0.270 e. The molecule has 2 aliphatic heterocycles. The minimum absolute atomic E-state index is 0.00414. The summed E-state index contributed by atoms with van der Waals surface area (Å²) in [5.74, 6) is -0.508. The minimum Gasteiger partial charge on any atom is -0.346 e. The lowest BCUT2D eigenvalue weighted by atomic mass is 9.95. The smallest absolute Gasteiger partial charge is 0.270 e. The van der Waals surface area contributed by atoms with E-state index in [-0.39, 0.29) is 29.8 Å². The van der Waals surface area contributed by atoms with Crippen LogP contribution in [0.15, 0.2) is 42.6 Å². The van der Waals surface area contributed by atoms with Gasteiger partial charge in [-0.3, -0.25) is 9.78 Å². The van der Waals surface area contributed by atoms with Crippen LogP contribution >= 0.6 is 0 Å². The van der Waals surface area contributed by atoms with Crippen LogP contribution in [-0.4, -0.2) is 33.9 Å². The highest BCUT2D eigenvalue weighted by Gasteiger charge is 2.46. The van der Waals surface area contributed by atoms with Crippen molar-refractivity contribution in [2.45, 2.75) is 37.4 Å². The summed E-state index contributed by atoms with van der Waals surface area (Å²) in [7, 11) is 0. The second-order valence-electron chi connectivity index (χ2n) is 6.56. The highest BCUT2D eigenvalue weighted by molar-refractivity contribution is 5.92. The molecular formula is C19H17FN4O. The Kier molecular flexibility index (Phi) is 3.85. The molecule has 2 aromatic rings. The van der Waals surface area contributed by atoms with Crippen molar-refractivity contribution in [2.75, 3.05) is 0 Å². The first-order valence-electron chi connectivity index (χ1n) is 8.36. The molecular weight excluding hydrogens is 319 g/mol. The number of fused-ring (bicyclic) bond motifs is 2. The van der Waals surface area contributed by atoms with Gasteiger partial charge in [-0.05, 0) is 43.0 Å². The number of nitrogens with zero attached hydrogens (tertiary/aromatic N) is 3. The molecule has 2 saturated heterocycles. The van der Waals surface area contributed by atoms with Gasteiger partial charge in [0.1, 0.15) is 11.5 Å². The van der Waals surface area contributed by atoms with E-state index in [1.807, 2.05) is 4.90 Å². The van der Waals surface area contributed by atoms with Crippen LogP contribution in [0.25, 0.3) is 11.1 Å². The van der Waals surface area contributed by atoms with Gasteiger partial charge in [-0.2, -0.15) is 5.26 Å². The van der Waals surface area contributed by atoms with Crippen LogP contribution in [0.3, 0.4) is 0 Å². The Balaban J connectivity index is 1.45. The number of hydrogen-bond donors (Lipinski definition) is 1. The van der Waals surface area contributed by atoms with Crippen molar-refractivity contribution in [2.24, 2.45) is 0 Å². The molecule has 3 unspecified atom stereocenters. The molecule has 2 aliphatic rings. The predicted octanol–water partition coefficient (Wildman–Crippen LogP) is 2.70. The Morgan fingerprint density at radius 1 is 1.20 bits per heavy atom. The van der Waals surface area contributed by atoms with E-state index in [0.29, 0.717) is 5.69 Å². The molecule has 4 rings (SSSR count). The maximum atomic E-state index is 13.0. The predicted molar refractivity (Wildman–Crippen MR) is 89.8 cm³/mol. The average molecular weight is 336 g/mol. The summed E-state index contributed by atoms with van der Waals surface area (Å²) in [4.78, 5) is 18.5. The molecule has 1 N–H and O–H groups in total. The Bertz CT molecular complexity index is 828. The number of nitriles is 1. The first kappa shape index (κ1) is 15.6. The number of carbonyl (C=O) groups excluding carboxylic acids is 1. The third kappa shape index (κ3) is 2.82. The largest absolute Gasteiger partial charge is 0.346 e. The molecule has 2 bridgehead atoms. The zero-order chi connectivity index (χ0) is 17.4. The van der Waals surface area contributed by atoms with Gasteiger partial charge in [-0.15, -0.1) is 0 Å². The van der Waals surface area contributed by atoms with Crippen LogP contribution in [0, 0.1) is 17.3 Å². The summed E-state index contributed by atoms with van der Waals surface area (Å²) < 4.78 is 13.0. The zero-order valence-corrected chi connectivity index (χ0v) is 13.5. The molecule has 5 nitrogen and oxygen atoms in total. The fraction of sp³-hybridized carbons (Fsp3) is 0.316. The molecule has 2 fully saturated rings.